The minimum atomic E-state index is -0.462. The van der Waals surface area contributed by atoms with Gasteiger partial charge in [0.05, 0.1) is 5.41 Å². The zero-order chi connectivity index (χ0) is 13.6. The Bertz CT molecular complexity index is 366. The van der Waals surface area contributed by atoms with E-state index in [0.29, 0.717) is 12.2 Å². The Morgan fingerprint density at radius 1 is 1.33 bits per heavy atom. The molecule has 2 rings (SSSR count). The van der Waals surface area contributed by atoms with Gasteiger partial charge in [-0.3, -0.25) is 9.59 Å². The summed E-state index contributed by atoms with van der Waals surface area (Å²) in [6, 6.07) is 0. The molecule has 0 aromatic rings. The normalized spacial score (nSPS) is 36.3. The summed E-state index contributed by atoms with van der Waals surface area (Å²) in [6.07, 6.45) is 4.35. The van der Waals surface area contributed by atoms with Crippen molar-refractivity contribution in [2.24, 2.45) is 16.7 Å². The summed E-state index contributed by atoms with van der Waals surface area (Å²) in [5.74, 6) is 0.463. The molecule has 0 aromatic carbocycles. The maximum absolute atomic E-state index is 12.0. The summed E-state index contributed by atoms with van der Waals surface area (Å²) in [4.78, 5) is 24.0. The highest BCUT2D eigenvalue weighted by Crippen LogP contribution is 2.50. The van der Waals surface area contributed by atoms with E-state index >= 15 is 0 Å². The average molecular weight is 252 g/mol. The molecular weight excluding hydrogens is 228 g/mol. The van der Waals surface area contributed by atoms with Crippen molar-refractivity contribution in [2.75, 3.05) is 0 Å². The summed E-state index contributed by atoms with van der Waals surface area (Å²) in [5.41, 5.74) is -0.697. The summed E-state index contributed by atoms with van der Waals surface area (Å²) >= 11 is 0. The van der Waals surface area contributed by atoms with E-state index in [9.17, 15) is 9.59 Å². The summed E-state index contributed by atoms with van der Waals surface area (Å²) in [6.45, 7) is 7.68. The third-order valence-electron chi connectivity index (χ3n) is 4.64. The fourth-order valence-corrected chi connectivity index (χ4v) is 3.35. The lowest BCUT2D eigenvalue weighted by atomic mass is 9.67. The van der Waals surface area contributed by atoms with E-state index in [2.05, 4.69) is 6.92 Å². The first-order valence-corrected chi connectivity index (χ1v) is 6.99. The Kier molecular flexibility index (Phi) is 3.28. The van der Waals surface area contributed by atoms with Crippen molar-refractivity contribution >= 4 is 11.8 Å². The molecular formula is C15H24O3. The minimum absolute atomic E-state index is 0.0538. The molecule has 0 heterocycles. The van der Waals surface area contributed by atoms with Gasteiger partial charge in [0.25, 0.3) is 0 Å². The van der Waals surface area contributed by atoms with Gasteiger partial charge in [0.1, 0.15) is 11.9 Å². The summed E-state index contributed by atoms with van der Waals surface area (Å²) in [5, 5.41) is 0. The highest BCUT2D eigenvalue weighted by molar-refractivity contribution is 5.87. The van der Waals surface area contributed by atoms with Crippen LogP contribution in [0.15, 0.2) is 0 Å². The Labute approximate surface area is 109 Å². The average Bonchev–Trinajstić information content (AvgIpc) is 2.55. The van der Waals surface area contributed by atoms with Gasteiger partial charge in [-0.05, 0) is 46.5 Å². The van der Waals surface area contributed by atoms with Crippen molar-refractivity contribution < 1.29 is 14.3 Å². The van der Waals surface area contributed by atoms with Crippen LogP contribution in [0.2, 0.25) is 0 Å². The third-order valence-corrected chi connectivity index (χ3v) is 4.64. The van der Waals surface area contributed by atoms with E-state index in [-0.39, 0.29) is 23.4 Å². The van der Waals surface area contributed by atoms with E-state index in [1.165, 1.54) is 0 Å². The van der Waals surface area contributed by atoms with Crippen LogP contribution in [0.5, 0.6) is 0 Å². The first kappa shape index (κ1) is 13.6. The zero-order valence-electron chi connectivity index (χ0n) is 11.9. The molecule has 0 radical (unpaired) electrons. The van der Waals surface area contributed by atoms with Gasteiger partial charge in [0.15, 0.2) is 0 Å². The van der Waals surface area contributed by atoms with Crippen LogP contribution in [0.1, 0.15) is 59.8 Å². The number of ketones is 1. The van der Waals surface area contributed by atoms with Crippen LogP contribution in [0.3, 0.4) is 0 Å². The first-order chi connectivity index (χ1) is 8.25. The lowest BCUT2D eigenvalue weighted by molar-refractivity contribution is -0.167. The molecule has 0 spiro atoms. The zero-order valence-corrected chi connectivity index (χ0v) is 11.9. The predicted molar refractivity (Wildman–Crippen MR) is 69.0 cm³/mol. The fourth-order valence-electron chi connectivity index (χ4n) is 3.35. The van der Waals surface area contributed by atoms with E-state index in [0.717, 1.165) is 25.7 Å². The molecule has 3 heteroatoms. The number of hydrogen-bond donors (Lipinski definition) is 0. The molecule has 2 aliphatic rings. The largest absolute Gasteiger partial charge is 0.462 e. The smallest absolute Gasteiger partial charge is 0.311 e. The maximum atomic E-state index is 12.0. The lowest BCUT2D eigenvalue weighted by Gasteiger charge is -2.40. The van der Waals surface area contributed by atoms with Crippen LogP contribution in [0.25, 0.3) is 0 Å². The van der Waals surface area contributed by atoms with Crippen LogP contribution >= 0.6 is 0 Å². The molecule has 2 saturated carbocycles. The Balaban J connectivity index is 2.11. The van der Waals surface area contributed by atoms with E-state index in [1.807, 2.05) is 20.8 Å². The van der Waals surface area contributed by atoms with E-state index < -0.39 is 5.41 Å². The molecule has 102 valence electrons. The number of esters is 1. The van der Waals surface area contributed by atoms with Crippen molar-refractivity contribution in [3.8, 4) is 0 Å². The molecule has 0 N–H and O–H groups in total. The van der Waals surface area contributed by atoms with Crippen molar-refractivity contribution in [1.29, 1.82) is 0 Å². The Morgan fingerprint density at radius 2 is 2.00 bits per heavy atom. The molecule has 2 fully saturated rings. The van der Waals surface area contributed by atoms with Gasteiger partial charge >= 0.3 is 5.97 Å². The molecule has 0 bridgehead atoms. The lowest BCUT2D eigenvalue weighted by Crippen LogP contribution is -2.43. The van der Waals surface area contributed by atoms with Gasteiger partial charge in [-0.1, -0.05) is 6.92 Å². The first-order valence-electron chi connectivity index (χ1n) is 6.99. The number of Topliss-reactive ketones (excluding diaryl/α,β-unsaturated/α-hetero) is 1. The molecule has 3 nitrogen and oxygen atoms in total. The van der Waals surface area contributed by atoms with Crippen molar-refractivity contribution in [2.45, 2.75) is 65.9 Å². The van der Waals surface area contributed by atoms with Crippen molar-refractivity contribution in [1.82, 2.24) is 0 Å². The molecule has 0 unspecified atom stereocenters. The predicted octanol–water partition coefficient (Wildman–Crippen LogP) is 3.11. The van der Waals surface area contributed by atoms with Crippen LogP contribution in [-0.4, -0.2) is 17.9 Å². The SMILES string of the molecule is CC(C)(C)C(=O)O[C@@H]1CCC[C@]2(C)C(=O)CC[C@@H]12. The Morgan fingerprint density at radius 3 is 2.61 bits per heavy atom. The molecule has 0 aromatic heterocycles. The molecule has 0 amide bonds. The van der Waals surface area contributed by atoms with Gasteiger partial charge in [-0.2, -0.15) is 0 Å². The van der Waals surface area contributed by atoms with Crippen molar-refractivity contribution in [3.05, 3.63) is 0 Å². The minimum Gasteiger partial charge on any atom is -0.462 e. The Hall–Kier alpha value is -0.860. The van der Waals surface area contributed by atoms with Crippen LogP contribution < -0.4 is 0 Å². The van der Waals surface area contributed by atoms with Gasteiger partial charge in [0, 0.05) is 17.8 Å². The molecule has 3 atom stereocenters. The monoisotopic (exact) mass is 252 g/mol. The second-order valence-electron chi connectivity index (χ2n) is 7.07. The number of carbonyl (C=O) groups is 2. The topological polar surface area (TPSA) is 43.4 Å². The summed E-state index contributed by atoms with van der Waals surface area (Å²) in [7, 11) is 0. The number of fused-ring (bicyclic) bond motifs is 1. The third kappa shape index (κ3) is 2.19. The second-order valence-corrected chi connectivity index (χ2v) is 7.07. The highest BCUT2D eigenvalue weighted by Gasteiger charge is 2.52. The van der Waals surface area contributed by atoms with E-state index in [1.54, 1.807) is 0 Å². The molecule has 0 saturated heterocycles. The quantitative estimate of drug-likeness (QED) is 0.673. The number of ether oxygens (including phenoxy) is 1. The van der Waals surface area contributed by atoms with Crippen LogP contribution in [-0.2, 0) is 14.3 Å². The fraction of sp³-hybridized carbons (Fsp3) is 0.867. The summed E-state index contributed by atoms with van der Waals surface area (Å²) < 4.78 is 5.69. The molecule has 0 aliphatic heterocycles. The number of rotatable bonds is 1. The van der Waals surface area contributed by atoms with Gasteiger partial charge < -0.3 is 4.74 Å². The van der Waals surface area contributed by atoms with E-state index in [4.69, 9.17) is 4.74 Å². The van der Waals surface area contributed by atoms with Crippen LogP contribution in [0.4, 0.5) is 0 Å². The highest BCUT2D eigenvalue weighted by atomic mass is 16.5. The van der Waals surface area contributed by atoms with Crippen molar-refractivity contribution in [3.63, 3.8) is 0 Å². The van der Waals surface area contributed by atoms with Crippen LogP contribution in [0, 0.1) is 16.7 Å². The number of carbonyl (C=O) groups excluding carboxylic acids is 2. The number of hydrogen-bond acceptors (Lipinski definition) is 3. The maximum Gasteiger partial charge on any atom is 0.311 e. The van der Waals surface area contributed by atoms with Gasteiger partial charge in [-0.15, -0.1) is 0 Å². The molecule has 2 aliphatic carbocycles. The van der Waals surface area contributed by atoms with Gasteiger partial charge in [-0.25, -0.2) is 0 Å². The molecule has 18 heavy (non-hydrogen) atoms. The second kappa shape index (κ2) is 4.36. The standard InChI is InChI=1S/C15H24O3/c1-14(2,3)13(17)18-11-6-5-9-15(4)10(11)7-8-12(15)16/h10-11H,5-9H2,1-4H3/t10-,11+,15-/m0/s1. The van der Waals surface area contributed by atoms with Gasteiger partial charge in [0.2, 0.25) is 0 Å².